The third kappa shape index (κ3) is 4.84. The Bertz CT molecular complexity index is 1380. The maximum atomic E-state index is 13.2. The second-order valence-corrected chi connectivity index (χ2v) is 8.79. The van der Waals surface area contributed by atoms with Crippen molar-refractivity contribution in [2.75, 3.05) is 23.4 Å². The lowest BCUT2D eigenvalue weighted by Crippen LogP contribution is -2.37. The first kappa shape index (κ1) is 23.3. The Labute approximate surface area is 210 Å². The van der Waals surface area contributed by atoms with Crippen LogP contribution in [0.15, 0.2) is 78.9 Å². The van der Waals surface area contributed by atoms with E-state index < -0.39 is 0 Å². The zero-order chi connectivity index (χ0) is 25.1. The molecule has 182 valence electrons. The fourth-order valence-corrected chi connectivity index (χ4v) is 4.24. The molecule has 0 bridgehead atoms. The van der Waals surface area contributed by atoms with Gasteiger partial charge in [0.25, 0.3) is 5.95 Å². The van der Waals surface area contributed by atoms with E-state index in [4.69, 9.17) is 4.74 Å². The normalized spacial score (nSPS) is 14.7. The zero-order valence-corrected chi connectivity index (χ0v) is 20.5. The topological polar surface area (TPSA) is 85.2 Å². The van der Waals surface area contributed by atoms with Crippen LogP contribution in [0.5, 0.6) is 5.75 Å². The van der Waals surface area contributed by atoms with Gasteiger partial charge in [0.1, 0.15) is 18.3 Å². The number of tetrazole rings is 1. The lowest BCUT2D eigenvalue weighted by molar-refractivity contribution is -0.114. The summed E-state index contributed by atoms with van der Waals surface area (Å²) in [4.78, 5) is 15.0. The Morgan fingerprint density at radius 2 is 1.61 bits per heavy atom. The first-order valence-electron chi connectivity index (χ1n) is 12.0. The van der Waals surface area contributed by atoms with Gasteiger partial charge in [-0.05, 0) is 72.7 Å². The van der Waals surface area contributed by atoms with Crippen molar-refractivity contribution in [1.82, 2.24) is 20.2 Å². The number of aryl methyl sites for hydroxylation is 2. The van der Waals surface area contributed by atoms with Crippen LogP contribution in [0, 0.1) is 13.8 Å². The highest BCUT2D eigenvalue weighted by Gasteiger charge is 2.32. The molecule has 1 aliphatic heterocycles. The molecule has 8 nitrogen and oxygen atoms in total. The average Bonchev–Trinajstić information content (AvgIpc) is 3.37. The smallest absolute Gasteiger partial charge is 0.251 e. The van der Waals surface area contributed by atoms with Crippen LogP contribution in [0.3, 0.4) is 0 Å². The van der Waals surface area contributed by atoms with Gasteiger partial charge in [-0.2, -0.15) is 4.68 Å². The van der Waals surface area contributed by atoms with E-state index >= 15 is 0 Å². The van der Waals surface area contributed by atoms with E-state index in [9.17, 15) is 4.79 Å². The number of carbonyl (C=O) groups is 1. The van der Waals surface area contributed by atoms with Crippen LogP contribution in [-0.4, -0.2) is 39.3 Å². The summed E-state index contributed by atoms with van der Waals surface area (Å²) in [7, 11) is 0. The molecule has 8 heteroatoms. The standard InChI is InChI=1S/C28H28N6O2/c1-4-36-24-15-13-23(14-16-24)29-27(35)18-33-25(21-9-5-19(2)6-10-21)17-26(34-28(33)30-31-32-34)22-11-7-20(3)8-12-22/h5-17,26H,4,18H2,1-3H3,(H,29,35)/t26-/m0/s1. The molecule has 0 unspecified atom stereocenters. The van der Waals surface area contributed by atoms with E-state index in [0.29, 0.717) is 18.2 Å². The average molecular weight is 481 g/mol. The molecule has 1 N–H and O–H groups in total. The number of allylic oxidation sites excluding steroid dienone is 1. The Kier molecular flexibility index (Phi) is 6.49. The van der Waals surface area contributed by atoms with Crippen molar-refractivity contribution in [2.24, 2.45) is 0 Å². The van der Waals surface area contributed by atoms with Gasteiger partial charge in [0, 0.05) is 5.69 Å². The number of nitrogens with zero attached hydrogens (tertiary/aromatic N) is 5. The molecule has 0 saturated heterocycles. The van der Waals surface area contributed by atoms with Crippen molar-refractivity contribution >= 4 is 23.2 Å². The minimum atomic E-state index is -0.197. The number of amides is 1. The Balaban J connectivity index is 1.48. The molecule has 1 amide bonds. The summed E-state index contributed by atoms with van der Waals surface area (Å²) in [6.45, 7) is 6.69. The maximum absolute atomic E-state index is 13.2. The number of rotatable bonds is 7. The molecule has 0 radical (unpaired) electrons. The molecule has 1 aromatic heterocycles. The van der Waals surface area contributed by atoms with E-state index in [2.05, 4.69) is 89.3 Å². The number of nitrogens with one attached hydrogen (secondary N) is 1. The fourth-order valence-electron chi connectivity index (χ4n) is 4.24. The summed E-state index contributed by atoms with van der Waals surface area (Å²) in [6.07, 6.45) is 2.11. The van der Waals surface area contributed by atoms with Gasteiger partial charge < -0.3 is 10.1 Å². The van der Waals surface area contributed by atoms with Crippen molar-refractivity contribution < 1.29 is 9.53 Å². The molecular weight excluding hydrogens is 452 g/mol. The first-order chi connectivity index (χ1) is 17.5. The summed E-state index contributed by atoms with van der Waals surface area (Å²) < 4.78 is 7.25. The molecule has 2 heterocycles. The quantitative estimate of drug-likeness (QED) is 0.410. The Hall–Kier alpha value is -4.46. The van der Waals surface area contributed by atoms with Crippen LogP contribution in [-0.2, 0) is 4.79 Å². The Morgan fingerprint density at radius 3 is 2.28 bits per heavy atom. The minimum Gasteiger partial charge on any atom is -0.494 e. The highest BCUT2D eigenvalue weighted by atomic mass is 16.5. The Morgan fingerprint density at radius 1 is 0.944 bits per heavy atom. The molecular formula is C28H28N6O2. The predicted octanol–water partition coefficient (Wildman–Crippen LogP) is 4.78. The monoisotopic (exact) mass is 480 g/mol. The molecule has 1 aliphatic rings. The molecule has 4 aromatic rings. The number of hydrogen-bond acceptors (Lipinski definition) is 6. The number of carbonyl (C=O) groups excluding carboxylic acids is 1. The minimum absolute atomic E-state index is 0.0495. The van der Waals surface area contributed by atoms with Gasteiger partial charge in [0.15, 0.2) is 0 Å². The van der Waals surface area contributed by atoms with Crippen molar-refractivity contribution in [1.29, 1.82) is 0 Å². The molecule has 5 rings (SSSR count). The lowest BCUT2D eigenvalue weighted by Gasteiger charge is -2.32. The number of ether oxygens (including phenoxy) is 1. The fraction of sp³-hybridized carbons (Fsp3) is 0.214. The largest absolute Gasteiger partial charge is 0.494 e. The number of fused-ring (bicyclic) bond motifs is 1. The zero-order valence-electron chi connectivity index (χ0n) is 20.5. The van der Waals surface area contributed by atoms with E-state index in [1.807, 2.05) is 36.1 Å². The van der Waals surface area contributed by atoms with E-state index in [1.54, 1.807) is 4.68 Å². The van der Waals surface area contributed by atoms with Crippen LogP contribution in [0.1, 0.15) is 35.2 Å². The summed E-state index contributed by atoms with van der Waals surface area (Å²) in [5, 5.41) is 15.5. The third-order valence-electron chi connectivity index (χ3n) is 6.10. The highest BCUT2D eigenvalue weighted by molar-refractivity contribution is 5.97. The third-order valence-corrected chi connectivity index (χ3v) is 6.10. The van der Waals surface area contributed by atoms with Gasteiger partial charge in [0.05, 0.1) is 12.3 Å². The summed E-state index contributed by atoms with van der Waals surface area (Å²) in [6, 6.07) is 23.7. The number of hydrogen-bond donors (Lipinski definition) is 1. The molecule has 0 fully saturated rings. The second-order valence-electron chi connectivity index (χ2n) is 8.79. The summed E-state index contributed by atoms with van der Waals surface area (Å²) in [5.41, 5.74) is 5.97. The lowest BCUT2D eigenvalue weighted by atomic mass is 9.99. The van der Waals surface area contributed by atoms with Crippen LogP contribution in [0.2, 0.25) is 0 Å². The van der Waals surface area contributed by atoms with Gasteiger partial charge in [-0.1, -0.05) is 64.8 Å². The molecule has 3 aromatic carbocycles. The van der Waals surface area contributed by atoms with Crippen LogP contribution < -0.4 is 15.0 Å². The van der Waals surface area contributed by atoms with Gasteiger partial charge in [-0.3, -0.25) is 9.69 Å². The molecule has 0 saturated carbocycles. The van der Waals surface area contributed by atoms with Gasteiger partial charge in [-0.15, -0.1) is 0 Å². The van der Waals surface area contributed by atoms with Crippen LogP contribution in [0.25, 0.3) is 5.70 Å². The predicted molar refractivity (Wildman–Crippen MR) is 140 cm³/mol. The van der Waals surface area contributed by atoms with Crippen molar-refractivity contribution in [3.8, 4) is 5.75 Å². The van der Waals surface area contributed by atoms with Crippen molar-refractivity contribution in [3.05, 3.63) is 101 Å². The molecule has 1 atom stereocenters. The van der Waals surface area contributed by atoms with Crippen molar-refractivity contribution in [3.63, 3.8) is 0 Å². The van der Waals surface area contributed by atoms with Crippen LogP contribution >= 0.6 is 0 Å². The highest BCUT2D eigenvalue weighted by Crippen LogP contribution is 2.36. The maximum Gasteiger partial charge on any atom is 0.251 e. The van der Waals surface area contributed by atoms with E-state index in [0.717, 1.165) is 28.1 Å². The second kappa shape index (κ2) is 10.0. The summed E-state index contributed by atoms with van der Waals surface area (Å²) in [5.74, 6) is 1.10. The van der Waals surface area contributed by atoms with E-state index in [-0.39, 0.29) is 18.5 Å². The van der Waals surface area contributed by atoms with E-state index in [1.165, 1.54) is 5.56 Å². The SMILES string of the molecule is CCOc1ccc(NC(=O)CN2C(c3ccc(C)cc3)=C[C@@H](c3ccc(C)cc3)n3nnnc32)cc1. The van der Waals surface area contributed by atoms with Crippen LogP contribution in [0.4, 0.5) is 11.6 Å². The molecule has 0 spiro atoms. The van der Waals surface area contributed by atoms with Crippen molar-refractivity contribution in [2.45, 2.75) is 26.8 Å². The molecule has 0 aliphatic carbocycles. The first-order valence-corrected chi connectivity index (χ1v) is 12.0. The van der Waals surface area contributed by atoms with Gasteiger partial charge >= 0.3 is 0 Å². The number of anilines is 2. The van der Waals surface area contributed by atoms with Gasteiger partial charge in [-0.25, -0.2) is 0 Å². The van der Waals surface area contributed by atoms with Gasteiger partial charge in [0.2, 0.25) is 5.91 Å². The number of aromatic nitrogens is 4. The summed E-state index contributed by atoms with van der Waals surface area (Å²) >= 11 is 0. The molecule has 36 heavy (non-hydrogen) atoms. The number of benzene rings is 3.